The van der Waals surface area contributed by atoms with Gasteiger partial charge in [-0.15, -0.1) is 0 Å². The van der Waals surface area contributed by atoms with E-state index in [4.69, 9.17) is 10.1 Å². The second-order valence-electron chi connectivity index (χ2n) is 13.6. The van der Waals surface area contributed by atoms with Crippen LogP contribution in [0.3, 0.4) is 0 Å². The van der Waals surface area contributed by atoms with Gasteiger partial charge in [0, 0.05) is 38.0 Å². The molecule has 1 aliphatic heterocycles. The van der Waals surface area contributed by atoms with E-state index in [1.807, 2.05) is 20.8 Å². The number of alkyl carbamates (subject to hydrolysis) is 1. The summed E-state index contributed by atoms with van der Waals surface area (Å²) in [6.07, 6.45) is 8.98. The van der Waals surface area contributed by atoms with Gasteiger partial charge in [0.05, 0.1) is 0 Å². The van der Waals surface area contributed by atoms with Crippen molar-refractivity contribution in [1.29, 1.82) is 5.41 Å². The lowest BCUT2D eigenvalue weighted by Gasteiger charge is -2.37. The van der Waals surface area contributed by atoms with E-state index < -0.39 is 11.7 Å². The van der Waals surface area contributed by atoms with Crippen LogP contribution >= 0.6 is 0 Å². The fraction of sp³-hybridized carbons (Fsp3) is 0.719. The highest BCUT2D eigenvalue weighted by molar-refractivity contribution is 5.95. The molecule has 5 rings (SSSR count). The highest BCUT2D eigenvalue weighted by atomic mass is 16.6. The number of carbonyl (C=O) groups is 2. The standard InChI is InChI=1S/C32H48N4O3/c1-32(2,3)39-31(38)34-29(33)24-13-12-23-19-28(30(37)36-16-14-35(4)15-17-36)27(26(23)20-24)18-22-10-7-9-21-8-5-6-11-25(21)22/h7,9-10,23-24,26-28H,5-6,8,11-20H2,1-4H3,(H2,33,34,38). The van der Waals surface area contributed by atoms with Crippen LogP contribution in [0, 0.1) is 35.0 Å². The molecular weight excluding hydrogens is 488 g/mol. The van der Waals surface area contributed by atoms with Crippen molar-refractivity contribution in [3.63, 3.8) is 0 Å². The first-order valence-corrected chi connectivity index (χ1v) is 15.2. The lowest BCUT2D eigenvalue weighted by Crippen LogP contribution is -2.49. The molecule has 5 unspecified atom stereocenters. The molecule has 2 N–H and O–H groups in total. The number of fused-ring (bicyclic) bond motifs is 2. The van der Waals surface area contributed by atoms with Crippen molar-refractivity contribution in [3.05, 3.63) is 34.9 Å². The van der Waals surface area contributed by atoms with Gasteiger partial charge in [-0.2, -0.15) is 0 Å². The van der Waals surface area contributed by atoms with Gasteiger partial charge < -0.3 is 14.5 Å². The van der Waals surface area contributed by atoms with Crippen LogP contribution in [0.1, 0.15) is 76.0 Å². The minimum absolute atomic E-state index is 0.00319. The number of hydrogen-bond donors (Lipinski definition) is 2. The number of piperazine rings is 1. The summed E-state index contributed by atoms with van der Waals surface area (Å²) in [5.41, 5.74) is 3.88. The highest BCUT2D eigenvalue weighted by Crippen LogP contribution is 2.52. The second kappa shape index (κ2) is 11.6. The van der Waals surface area contributed by atoms with Gasteiger partial charge in [0.2, 0.25) is 5.91 Å². The van der Waals surface area contributed by atoms with E-state index in [2.05, 4.69) is 40.4 Å². The number of ether oxygens (including phenoxy) is 1. The predicted octanol–water partition coefficient (Wildman–Crippen LogP) is 5.05. The Labute approximate surface area is 234 Å². The number of amidine groups is 1. The summed E-state index contributed by atoms with van der Waals surface area (Å²) in [4.78, 5) is 30.8. The van der Waals surface area contributed by atoms with Crippen LogP contribution in [0.4, 0.5) is 4.79 Å². The first-order chi connectivity index (χ1) is 18.6. The molecule has 1 aromatic rings. The van der Waals surface area contributed by atoms with E-state index in [9.17, 15) is 9.59 Å². The number of aryl methyl sites for hydroxylation is 1. The molecule has 3 aliphatic carbocycles. The Kier molecular flexibility index (Phi) is 8.37. The van der Waals surface area contributed by atoms with Gasteiger partial charge in [-0.25, -0.2) is 4.79 Å². The molecule has 0 aromatic heterocycles. The third kappa shape index (κ3) is 6.50. The van der Waals surface area contributed by atoms with E-state index in [-0.39, 0.29) is 23.6 Å². The van der Waals surface area contributed by atoms with Crippen molar-refractivity contribution in [2.24, 2.45) is 29.6 Å². The summed E-state index contributed by atoms with van der Waals surface area (Å²) < 4.78 is 5.42. The Morgan fingerprint density at radius 3 is 2.54 bits per heavy atom. The number of carbonyl (C=O) groups excluding carboxylic acids is 2. The molecule has 0 bridgehead atoms. The minimum atomic E-state index is -0.593. The first-order valence-electron chi connectivity index (χ1n) is 15.2. The number of rotatable bonds is 4. The van der Waals surface area contributed by atoms with Crippen molar-refractivity contribution >= 4 is 17.8 Å². The molecular formula is C32H48N4O3. The van der Waals surface area contributed by atoms with E-state index in [1.54, 1.807) is 0 Å². The molecule has 1 saturated heterocycles. The third-order valence-corrected chi connectivity index (χ3v) is 9.80. The Hall–Kier alpha value is -2.41. The molecule has 0 radical (unpaired) electrons. The molecule has 3 fully saturated rings. The van der Waals surface area contributed by atoms with E-state index in [0.29, 0.717) is 17.7 Å². The molecule has 39 heavy (non-hydrogen) atoms. The van der Waals surface area contributed by atoms with Crippen molar-refractivity contribution in [3.8, 4) is 0 Å². The summed E-state index contributed by atoms with van der Waals surface area (Å²) in [7, 11) is 2.13. The lowest BCUT2D eigenvalue weighted by atomic mass is 9.70. The quantitative estimate of drug-likeness (QED) is 0.416. The van der Waals surface area contributed by atoms with Gasteiger partial charge in [0.1, 0.15) is 11.4 Å². The Morgan fingerprint density at radius 1 is 1.05 bits per heavy atom. The van der Waals surface area contributed by atoms with E-state index in [1.165, 1.54) is 36.0 Å². The smallest absolute Gasteiger partial charge is 0.413 e. The van der Waals surface area contributed by atoms with Gasteiger partial charge in [-0.1, -0.05) is 18.2 Å². The molecule has 7 heteroatoms. The Bertz CT molecular complexity index is 1070. The number of nitrogens with one attached hydrogen (secondary N) is 2. The van der Waals surface area contributed by atoms with Crippen LogP contribution in [0.15, 0.2) is 18.2 Å². The number of benzene rings is 1. The van der Waals surface area contributed by atoms with Gasteiger partial charge in [-0.3, -0.25) is 15.5 Å². The zero-order valence-corrected chi connectivity index (χ0v) is 24.4. The number of amides is 2. The summed E-state index contributed by atoms with van der Waals surface area (Å²) in [5, 5.41) is 11.4. The number of hydrogen-bond acceptors (Lipinski definition) is 5. The average Bonchev–Trinajstić information content (AvgIpc) is 3.25. The summed E-state index contributed by atoms with van der Waals surface area (Å²) in [6, 6.07) is 6.82. The van der Waals surface area contributed by atoms with Crippen LogP contribution < -0.4 is 5.32 Å². The largest absolute Gasteiger partial charge is 0.444 e. The topological polar surface area (TPSA) is 85.7 Å². The van der Waals surface area contributed by atoms with Gasteiger partial charge in [-0.05, 0) is 120 Å². The van der Waals surface area contributed by atoms with Crippen molar-refractivity contribution in [1.82, 2.24) is 15.1 Å². The summed E-state index contributed by atoms with van der Waals surface area (Å²) in [6.45, 7) is 9.04. The summed E-state index contributed by atoms with van der Waals surface area (Å²) in [5.74, 6) is 1.87. The average molecular weight is 537 g/mol. The fourth-order valence-electron chi connectivity index (χ4n) is 7.81. The minimum Gasteiger partial charge on any atom is -0.444 e. The summed E-state index contributed by atoms with van der Waals surface area (Å²) >= 11 is 0. The van der Waals surface area contributed by atoms with Crippen LogP contribution in [0.5, 0.6) is 0 Å². The molecule has 1 aromatic carbocycles. The highest BCUT2D eigenvalue weighted by Gasteiger charge is 2.50. The SMILES string of the molecule is CN1CCN(C(=O)C2CC3CCC(C(=N)NC(=O)OC(C)(C)C)CC3C2Cc2cccc3c2CCCC3)CC1. The van der Waals surface area contributed by atoms with Crippen LogP contribution in [-0.2, 0) is 28.8 Å². The van der Waals surface area contributed by atoms with Crippen molar-refractivity contribution < 1.29 is 14.3 Å². The van der Waals surface area contributed by atoms with Crippen molar-refractivity contribution in [2.75, 3.05) is 33.2 Å². The first kappa shape index (κ1) is 28.1. The zero-order chi connectivity index (χ0) is 27.7. The van der Waals surface area contributed by atoms with Gasteiger partial charge >= 0.3 is 6.09 Å². The molecule has 0 spiro atoms. The molecule has 4 aliphatic rings. The number of likely N-dealkylation sites (N-methyl/N-ethyl adjacent to an activating group) is 1. The maximum atomic E-state index is 14.0. The molecule has 5 atom stereocenters. The lowest BCUT2D eigenvalue weighted by molar-refractivity contribution is -0.138. The van der Waals surface area contributed by atoms with Crippen LogP contribution in [-0.4, -0.2) is 66.5 Å². The molecule has 7 nitrogen and oxygen atoms in total. The molecule has 2 saturated carbocycles. The maximum absolute atomic E-state index is 14.0. The molecule has 2 amide bonds. The maximum Gasteiger partial charge on any atom is 0.413 e. The molecule has 214 valence electrons. The van der Waals surface area contributed by atoms with Crippen LogP contribution in [0.2, 0.25) is 0 Å². The second-order valence-corrected chi connectivity index (χ2v) is 13.6. The third-order valence-electron chi connectivity index (χ3n) is 9.80. The normalized spacial score (nSPS) is 29.3. The van der Waals surface area contributed by atoms with Crippen molar-refractivity contribution in [2.45, 2.75) is 84.2 Å². The van der Waals surface area contributed by atoms with E-state index >= 15 is 0 Å². The fourth-order valence-corrected chi connectivity index (χ4v) is 7.81. The predicted molar refractivity (Wildman–Crippen MR) is 154 cm³/mol. The monoisotopic (exact) mass is 536 g/mol. The zero-order valence-electron chi connectivity index (χ0n) is 24.4. The van der Waals surface area contributed by atoms with Crippen LogP contribution in [0.25, 0.3) is 0 Å². The Balaban J connectivity index is 1.36. The Morgan fingerprint density at radius 2 is 1.79 bits per heavy atom. The van der Waals surface area contributed by atoms with E-state index in [0.717, 1.165) is 64.7 Å². The molecule has 1 heterocycles. The van der Waals surface area contributed by atoms with Gasteiger partial charge in [0.15, 0.2) is 0 Å². The van der Waals surface area contributed by atoms with Gasteiger partial charge in [0.25, 0.3) is 0 Å². The number of nitrogens with zero attached hydrogens (tertiary/aromatic N) is 2.